The summed E-state index contributed by atoms with van der Waals surface area (Å²) in [5, 5.41) is 17.7. The number of nitrogens with one attached hydrogen (secondary N) is 1. The zero-order chi connectivity index (χ0) is 21.5. The van der Waals surface area contributed by atoms with Crippen molar-refractivity contribution >= 4 is 11.7 Å². The minimum Gasteiger partial charge on any atom is -0.504 e. The summed E-state index contributed by atoms with van der Waals surface area (Å²) in [6.07, 6.45) is 1.17. The van der Waals surface area contributed by atoms with Crippen LogP contribution < -0.4 is 10.1 Å². The lowest BCUT2D eigenvalue weighted by molar-refractivity contribution is -0.116. The molecule has 31 heavy (non-hydrogen) atoms. The molecule has 0 spiro atoms. The minimum atomic E-state index is -0.318. The van der Waals surface area contributed by atoms with Gasteiger partial charge in [0.05, 0.1) is 17.9 Å². The van der Waals surface area contributed by atoms with Crippen molar-refractivity contribution in [3.63, 3.8) is 0 Å². The lowest BCUT2D eigenvalue weighted by Gasteiger charge is -2.34. The number of phenols is 1. The lowest BCUT2D eigenvalue weighted by Crippen LogP contribution is -2.29. The molecule has 0 saturated heterocycles. The number of aromatic nitrogens is 1. The first-order valence-corrected chi connectivity index (χ1v) is 10.6. The van der Waals surface area contributed by atoms with Gasteiger partial charge in [-0.3, -0.25) is 4.79 Å². The Kier molecular flexibility index (Phi) is 4.77. The predicted molar refractivity (Wildman–Crippen MR) is 116 cm³/mol. The Morgan fingerprint density at radius 3 is 2.74 bits per heavy atom. The molecule has 6 heteroatoms. The monoisotopic (exact) mass is 416 g/mol. The number of phenolic OH excluding ortho intramolecular Hbond substituents is 1. The molecule has 2 N–H and O–H groups in total. The third kappa shape index (κ3) is 3.28. The molecule has 2 aromatic carbocycles. The summed E-state index contributed by atoms with van der Waals surface area (Å²) in [7, 11) is 0. The number of ether oxygens (including phenoxy) is 1. The SMILES string of the molecule is CCOc1cc(C2C3=C(CC(c4ccccc4)CC3=O)Nc3onc(C)c32)ccc1O. The Labute approximate surface area is 180 Å². The van der Waals surface area contributed by atoms with E-state index in [-0.39, 0.29) is 23.4 Å². The van der Waals surface area contributed by atoms with Crippen LogP contribution in [0.4, 0.5) is 5.88 Å². The van der Waals surface area contributed by atoms with E-state index in [0.29, 0.717) is 24.7 Å². The van der Waals surface area contributed by atoms with E-state index in [0.717, 1.165) is 40.1 Å². The number of carbonyl (C=O) groups excluding carboxylic acids is 1. The number of nitrogens with zero attached hydrogens (tertiary/aromatic N) is 1. The number of rotatable bonds is 4. The molecule has 2 unspecified atom stereocenters. The summed E-state index contributed by atoms with van der Waals surface area (Å²) in [6, 6.07) is 15.4. The molecule has 3 aromatic rings. The highest BCUT2D eigenvalue weighted by Gasteiger charge is 2.41. The molecule has 0 bridgehead atoms. The van der Waals surface area contributed by atoms with Gasteiger partial charge in [0.1, 0.15) is 0 Å². The lowest BCUT2D eigenvalue weighted by atomic mass is 9.72. The third-order valence-corrected chi connectivity index (χ3v) is 6.15. The summed E-state index contributed by atoms with van der Waals surface area (Å²) < 4.78 is 11.2. The topological polar surface area (TPSA) is 84.6 Å². The summed E-state index contributed by atoms with van der Waals surface area (Å²) >= 11 is 0. The van der Waals surface area contributed by atoms with Crippen LogP contribution in [0.3, 0.4) is 0 Å². The first-order chi connectivity index (χ1) is 15.1. The zero-order valence-corrected chi connectivity index (χ0v) is 17.5. The number of aryl methyl sites for hydroxylation is 1. The molecule has 6 nitrogen and oxygen atoms in total. The maximum atomic E-state index is 13.5. The number of fused-ring (bicyclic) bond motifs is 1. The second-order valence-electron chi connectivity index (χ2n) is 8.06. The van der Waals surface area contributed by atoms with Crippen LogP contribution in [0.2, 0.25) is 0 Å². The molecule has 0 saturated carbocycles. The van der Waals surface area contributed by atoms with E-state index in [1.54, 1.807) is 6.07 Å². The van der Waals surface area contributed by atoms with Crippen LogP contribution in [0.15, 0.2) is 64.3 Å². The average Bonchev–Trinajstić information content (AvgIpc) is 3.15. The summed E-state index contributed by atoms with van der Waals surface area (Å²) in [5.74, 6) is 0.974. The largest absolute Gasteiger partial charge is 0.504 e. The molecule has 0 amide bonds. The molecule has 2 heterocycles. The Hall–Kier alpha value is -3.54. The van der Waals surface area contributed by atoms with Gasteiger partial charge in [-0.2, -0.15) is 0 Å². The summed E-state index contributed by atoms with van der Waals surface area (Å²) in [6.45, 7) is 4.19. The molecule has 2 aliphatic rings. The van der Waals surface area contributed by atoms with Crippen LogP contribution in [-0.2, 0) is 4.79 Å². The fraction of sp³-hybridized carbons (Fsp3) is 0.280. The van der Waals surface area contributed by atoms with Gasteiger partial charge in [-0.25, -0.2) is 0 Å². The van der Waals surface area contributed by atoms with E-state index in [9.17, 15) is 9.90 Å². The number of benzene rings is 2. The van der Waals surface area contributed by atoms with Crippen molar-refractivity contribution in [1.82, 2.24) is 5.16 Å². The van der Waals surface area contributed by atoms with Gasteiger partial charge in [0.25, 0.3) is 0 Å². The molecule has 1 aliphatic carbocycles. The van der Waals surface area contributed by atoms with Crippen LogP contribution in [0.25, 0.3) is 0 Å². The average molecular weight is 416 g/mol. The third-order valence-electron chi connectivity index (χ3n) is 6.15. The van der Waals surface area contributed by atoms with Gasteiger partial charge < -0.3 is 19.7 Å². The van der Waals surface area contributed by atoms with E-state index in [1.807, 2.05) is 44.2 Å². The molecule has 158 valence electrons. The van der Waals surface area contributed by atoms with Crippen molar-refractivity contribution in [3.05, 3.63) is 82.2 Å². The highest BCUT2D eigenvalue weighted by Crippen LogP contribution is 2.49. The van der Waals surface area contributed by atoms with Crippen LogP contribution in [0, 0.1) is 6.92 Å². The Morgan fingerprint density at radius 2 is 1.97 bits per heavy atom. The fourth-order valence-corrected chi connectivity index (χ4v) is 4.75. The standard InChI is InChI=1S/C25H24N2O4/c1-3-30-21-13-16(9-10-19(21)28)23-22-14(2)27-31-25(22)26-18-11-17(12-20(29)24(18)23)15-7-5-4-6-8-15/h4-10,13,17,23,26,28H,3,11-12H2,1-2H3. The molecule has 0 fully saturated rings. The molecular formula is C25H24N2O4. The smallest absolute Gasteiger partial charge is 0.233 e. The van der Waals surface area contributed by atoms with Gasteiger partial charge in [0, 0.05) is 23.6 Å². The number of ketones is 1. The van der Waals surface area contributed by atoms with E-state index < -0.39 is 0 Å². The Bertz CT molecular complexity index is 1180. The maximum absolute atomic E-state index is 13.5. The quantitative estimate of drug-likeness (QED) is 0.619. The van der Waals surface area contributed by atoms with Crippen molar-refractivity contribution in [2.45, 2.75) is 38.5 Å². The van der Waals surface area contributed by atoms with Gasteiger partial charge in [-0.15, -0.1) is 0 Å². The summed E-state index contributed by atoms with van der Waals surface area (Å²) in [4.78, 5) is 13.5. The van der Waals surface area contributed by atoms with Crippen LogP contribution in [-0.4, -0.2) is 22.7 Å². The van der Waals surface area contributed by atoms with E-state index in [2.05, 4.69) is 22.6 Å². The number of anilines is 1. The molecule has 0 radical (unpaired) electrons. The number of carbonyl (C=O) groups is 1. The number of hydrogen-bond acceptors (Lipinski definition) is 6. The van der Waals surface area contributed by atoms with Crippen molar-refractivity contribution in [2.75, 3.05) is 11.9 Å². The van der Waals surface area contributed by atoms with Gasteiger partial charge >= 0.3 is 0 Å². The van der Waals surface area contributed by atoms with Gasteiger partial charge in [0.15, 0.2) is 17.3 Å². The zero-order valence-electron chi connectivity index (χ0n) is 17.5. The molecule has 5 rings (SSSR count). The van der Waals surface area contributed by atoms with E-state index >= 15 is 0 Å². The van der Waals surface area contributed by atoms with Crippen molar-refractivity contribution < 1.29 is 19.2 Å². The van der Waals surface area contributed by atoms with Crippen LogP contribution >= 0.6 is 0 Å². The second-order valence-corrected chi connectivity index (χ2v) is 8.06. The molecule has 2 atom stereocenters. The number of hydrogen-bond donors (Lipinski definition) is 2. The number of Topliss-reactive ketones (excluding diaryl/α,β-unsaturated/α-hetero) is 1. The van der Waals surface area contributed by atoms with Crippen molar-refractivity contribution in [3.8, 4) is 11.5 Å². The van der Waals surface area contributed by atoms with Gasteiger partial charge in [-0.1, -0.05) is 41.6 Å². The highest BCUT2D eigenvalue weighted by atomic mass is 16.5. The van der Waals surface area contributed by atoms with Crippen LogP contribution in [0.1, 0.15) is 54.0 Å². The highest BCUT2D eigenvalue weighted by molar-refractivity contribution is 6.01. The fourth-order valence-electron chi connectivity index (χ4n) is 4.75. The van der Waals surface area contributed by atoms with Crippen molar-refractivity contribution in [1.29, 1.82) is 0 Å². The number of allylic oxidation sites excluding steroid dienone is 2. The Balaban J connectivity index is 1.63. The maximum Gasteiger partial charge on any atom is 0.233 e. The Morgan fingerprint density at radius 1 is 1.16 bits per heavy atom. The number of aromatic hydroxyl groups is 1. The predicted octanol–water partition coefficient (Wildman–Crippen LogP) is 5.05. The molecule has 1 aliphatic heterocycles. The first-order valence-electron chi connectivity index (χ1n) is 10.6. The first kappa shape index (κ1) is 19.4. The minimum absolute atomic E-state index is 0.0788. The van der Waals surface area contributed by atoms with Crippen molar-refractivity contribution in [2.24, 2.45) is 0 Å². The van der Waals surface area contributed by atoms with Gasteiger partial charge in [0.2, 0.25) is 5.88 Å². The van der Waals surface area contributed by atoms with Gasteiger partial charge in [-0.05, 0) is 49.4 Å². The molecular weight excluding hydrogens is 392 g/mol. The normalized spacial score (nSPS) is 20.1. The van der Waals surface area contributed by atoms with E-state index in [1.165, 1.54) is 0 Å². The molecule has 1 aromatic heterocycles. The second kappa shape index (κ2) is 7.61. The van der Waals surface area contributed by atoms with E-state index in [4.69, 9.17) is 9.26 Å². The van der Waals surface area contributed by atoms with Crippen LogP contribution in [0.5, 0.6) is 11.5 Å². The summed E-state index contributed by atoms with van der Waals surface area (Å²) in [5.41, 5.74) is 5.25.